The first-order chi connectivity index (χ1) is 9.47. The molecule has 0 aliphatic heterocycles. The monoisotopic (exact) mass is 463 g/mol. The first-order valence-electron chi connectivity index (χ1n) is 5.92. The summed E-state index contributed by atoms with van der Waals surface area (Å²) < 4.78 is 1.85. The third-order valence-corrected chi connectivity index (χ3v) is 4.45. The molecule has 104 valence electrons. The minimum absolute atomic E-state index is 0.00894. The minimum atomic E-state index is -0.00894. The van der Waals surface area contributed by atoms with Crippen LogP contribution in [0.2, 0.25) is 5.02 Å². The van der Waals surface area contributed by atoms with Gasteiger partial charge in [0.05, 0.1) is 5.56 Å². The van der Waals surface area contributed by atoms with Gasteiger partial charge in [0.2, 0.25) is 0 Å². The molecule has 1 amide bonds. The van der Waals surface area contributed by atoms with Crippen LogP contribution in [0.1, 0.15) is 15.9 Å². The normalized spacial score (nSPS) is 10.4. The maximum atomic E-state index is 12.5. The predicted octanol–water partition coefficient (Wildman–Crippen LogP) is 4.98. The fourth-order valence-electron chi connectivity index (χ4n) is 1.80. The molecule has 20 heavy (non-hydrogen) atoms. The Morgan fingerprint density at radius 2 is 1.90 bits per heavy atom. The lowest BCUT2D eigenvalue weighted by Gasteiger charge is -2.18. The Balaban J connectivity index is 2.16. The largest absolute Gasteiger partial charge is 0.337 e. The lowest BCUT2D eigenvalue weighted by Crippen LogP contribution is -2.26. The highest BCUT2D eigenvalue weighted by Crippen LogP contribution is 2.21. The molecule has 0 aliphatic carbocycles. The molecular formula is C15H12BrClINO. The second kappa shape index (κ2) is 6.91. The number of carbonyl (C=O) groups excluding carboxylic acids is 1. The van der Waals surface area contributed by atoms with Crippen molar-refractivity contribution < 1.29 is 4.79 Å². The Kier molecular flexibility index (Phi) is 5.46. The highest BCUT2D eigenvalue weighted by molar-refractivity contribution is 14.1. The molecule has 2 aromatic carbocycles. The van der Waals surface area contributed by atoms with Gasteiger partial charge in [0.25, 0.3) is 5.91 Å². The van der Waals surface area contributed by atoms with Gasteiger partial charge in [0.1, 0.15) is 0 Å². The second-order valence-electron chi connectivity index (χ2n) is 4.41. The molecule has 0 spiro atoms. The number of benzene rings is 2. The van der Waals surface area contributed by atoms with Crippen LogP contribution in [0.15, 0.2) is 46.9 Å². The quantitative estimate of drug-likeness (QED) is 0.587. The average Bonchev–Trinajstić information content (AvgIpc) is 2.43. The van der Waals surface area contributed by atoms with E-state index >= 15 is 0 Å². The fraction of sp³-hybridized carbons (Fsp3) is 0.133. The highest BCUT2D eigenvalue weighted by Gasteiger charge is 2.15. The zero-order valence-electron chi connectivity index (χ0n) is 10.7. The van der Waals surface area contributed by atoms with Crippen molar-refractivity contribution in [1.82, 2.24) is 4.90 Å². The molecule has 0 aliphatic rings. The van der Waals surface area contributed by atoms with Crippen LogP contribution in [0.25, 0.3) is 0 Å². The molecule has 0 saturated carbocycles. The lowest BCUT2D eigenvalue weighted by atomic mass is 10.1. The van der Waals surface area contributed by atoms with Gasteiger partial charge in [-0.15, -0.1) is 0 Å². The van der Waals surface area contributed by atoms with Gasteiger partial charge in [-0.25, -0.2) is 0 Å². The Morgan fingerprint density at radius 1 is 1.25 bits per heavy atom. The summed E-state index contributed by atoms with van der Waals surface area (Å²) in [7, 11) is 1.79. The van der Waals surface area contributed by atoms with E-state index in [9.17, 15) is 4.79 Å². The van der Waals surface area contributed by atoms with Gasteiger partial charge in [-0.05, 0) is 74.4 Å². The van der Waals surface area contributed by atoms with Crippen molar-refractivity contribution in [3.63, 3.8) is 0 Å². The van der Waals surface area contributed by atoms with E-state index in [2.05, 4.69) is 38.5 Å². The van der Waals surface area contributed by atoms with Gasteiger partial charge in [-0.2, -0.15) is 0 Å². The van der Waals surface area contributed by atoms with Gasteiger partial charge in [-0.1, -0.05) is 23.7 Å². The summed E-state index contributed by atoms with van der Waals surface area (Å²) in [5.74, 6) is -0.00894. The van der Waals surface area contributed by atoms with Crippen molar-refractivity contribution in [2.24, 2.45) is 0 Å². The lowest BCUT2D eigenvalue weighted by molar-refractivity contribution is 0.0784. The maximum Gasteiger partial charge on any atom is 0.255 e. The summed E-state index contributed by atoms with van der Waals surface area (Å²) in [6.45, 7) is 0.550. The first kappa shape index (κ1) is 15.8. The van der Waals surface area contributed by atoms with Crippen LogP contribution in [0, 0.1) is 3.57 Å². The van der Waals surface area contributed by atoms with Gasteiger partial charge in [0.15, 0.2) is 0 Å². The molecule has 5 heteroatoms. The molecule has 2 aromatic rings. The van der Waals surface area contributed by atoms with Crippen molar-refractivity contribution in [2.45, 2.75) is 6.54 Å². The van der Waals surface area contributed by atoms with Gasteiger partial charge < -0.3 is 4.90 Å². The molecule has 2 rings (SSSR count). The zero-order chi connectivity index (χ0) is 14.7. The number of nitrogens with zero attached hydrogens (tertiary/aromatic N) is 1. The standard InChI is InChI=1S/C15H12BrClINO/c1-19(9-10-2-4-11(17)5-3-10)15(20)13-8-12(18)6-7-14(13)16/h2-8H,9H2,1H3. The maximum absolute atomic E-state index is 12.5. The van der Waals surface area contributed by atoms with Crippen LogP contribution < -0.4 is 0 Å². The summed E-state index contributed by atoms with van der Waals surface area (Å²) in [4.78, 5) is 14.1. The van der Waals surface area contributed by atoms with Crippen LogP contribution >= 0.6 is 50.1 Å². The van der Waals surface area contributed by atoms with Crippen LogP contribution in [-0.4, -0.2) is 17.9 Å². The van der Waals surface area contributed by atoms with Crippen molar-refractivity contribution >= 4 is 56.0 Å². The molecule has 0 unspecified atom stereocenters. The number of halogens is 3. The average molecular weight is 465 g/mol. The smallest absolute Gasteiger partial charge is 0.255 e. The van der Waals surface area contributed by atoms with Gasteiger partial charge in [-0.3, -0.25) is 4.79 Å². The molecule has 0 atom stereocenters. The molecule has 0 heterocycles. The van der Waals surface area contributed by atoms with Crippen LogP contribution in [0.4, 0.5) is 0 Å². The van der Waals surface area contributed by atoms with Crippen molar-refractivity contribution in [2.75, 3.05) is 7.05 Å². The van der Waals surface area contributed by atoms with E-state index in [0.717, 1.165) is 13.6 Å². The van der Waals surface area contributed by atoms with Crippen LogP contribution in [0.3, 0.4) is 0 Å². The molecule has 0 bridgehead atoms. The third-order valence-electron chi connectivity index (χ3n) is 2.84. The van der Waals surface area contributed by atoms with E-state index in [1.165, 1.54) is 0 Å². The Morgan fingerprint density at radius 3 is 2.55 bits per heavy atom. The highest BCUT2D eigenvalue weighted by atomic mass is 127. The van der Waals surface area contributed by atoms with E-state index in [4.69, 9.17) is 11.6 Å². The number of hydrogen-bond donors (Lipinski definition) is 0. The summed E-state index contributed by atoms with van der Waals surface area (Å²) in [6, 6.07) is 13.2. The van der Waals surface area contributed by atoms with Crippen LogP contribution in [-0.2, 0) is 6.54 Å². The SMILES string of the molecule is CN(Cc1ccc(Cl)cc1)C(=O)c1cc(I)ccc1Br. The van der Waals surface area contributed by atoms with E-state index in [1.807, 2.05) is 42.5 Å². The molecule has 0 saturated heterocycles. The molecule has 2 nitrogen and oxygen atoms in total. The number of amides is 1. The molecule has 0 N–H and O–H groups in total. The van der Waals surface area contributed by atoms with E-state index in [0.29, 0.717) is 17.1 Å². The van der Waals surface area contributed by atoms with E-state index in [-0.39, 0.29) is 5.91 Å². The van der Waals surface area contributed by atoms with Gasteiger partial charge in [0, 0.05) is 26.7 Å². The molecule has 0 aromatic heterocycles. The predicted molar refractivity (Wildman–Crippen MR) is 94.1 cm³/mol. The first-order valence-corrected chi connectivity index (χ1v) is 8.17. The third kappa shape index (κ3) is 3.96. The Labute approximate surface area is 145 Å². The van der Waals surface area contributed by atoms with Crippen LogP contribution in [0.5, 0.6) is 0 Å². The Bertz CT molecular complexity index is 630. The van der Waals surface area contributed by atoms with E-state index < -0.39 is 0 Å². The summed E-state index contributed by atoms with van der Waals surface area (Å²) in [5.41, 5.74) is 1.72. The second-order valence-corrected chi connectivity index (χ2v) is 6.95. The minimum Gasteiger partial charge on any atom is -0.337 e. The van der Waals surface area contributed by atoms with Crippen molar-refractivity contribution in [3.8, 4) is 0 Å². The zero-order valence-corrected chi connectivity index (χ0v) is 15.2. The molecule has 0 radical (unpaired) electrons. The summed E-state index contributed by atoms with van der Waals surface area (Å²) in [6.07, 6.45) is 0. The van der Waals surface area contributed by atoms with Gasteiger partial charge >= 0.3 is 0 Å². The Hall–Kier alpha value is -0.590. The van der Waals surface area contributed by atoms with E-state index in [1.54, 1.807) is 11.9 Å². The number of hydrogen-bond acceptors (Lipinski definition) is 1. The number of carbonyl (C=O) groups is 1. The number of rotatable bonds is 3. The molecular weight excluding hydrogens is 452 g/mol. The topological polar surface area (TPSA) is 20.3 Å². The van der Waals surface area contributed by atoms with Crippen molar-refractivity contribution in [1.29, 1.82) is 0 Å². The summed E-state index contributed by atoms with van der Waals surface area (Å²) >= 11 is 11.5. The van der Waals surface area contributed by atoms with Crippen molar-refractivity contribution in [3.05, 3.63) is 66.7 Å². The fourth-order valence-corrected chi connectivity index (χ4v) is 2.84. The molecule has 0 fully saturated rings. The summed E-state index contributed by atoms with van der Waals surface area (Å²) in [5, 5.41) is 0.697.